The van der Waals surface area contributed by atoms with Gasteiger partial charge >= 0.3 is 5.97 Å². The zero-order chi connectivity index (χ0) is 25.7. The van der Waals surface area contributed by atoms with Crippen LogP contribution in [0.1, 0.15) is 32.6 Å². The lowest BCUT2D eigenvalue weighted by atomic mass is 9.92. The summed E-state index contributed by atoms with van der Waals surface area (Å²) in [5.41, 5.74) is 4.48. The fourth-order valence-electron chi connectivity index (χ4n) is 4.52. The van der Waals surface area contributed by atoms with Gasteiger partial charge in [0, 0.05) is 25.1 Å². The second-order valence-corrected chi connectivity index (χ2v) is 9.04. The van der Waals surface area contributed by atoms with E-state index in [0.717, 1.165) is 28.0 Å². The SMILES string of the molecule is COc1ccc(CCN(CC(=O)O)C(=O)[C@@H]2Cc3ccccc3CN2C(=O)c2ccc(C)cc2)cc1. The number of aliphatic carboxylic acids is 1. The van der Waals surface area contributed by atoms with Crippen molar-refractivity contribution in [3.63, 3.8) is 0 Å². The number of carboxylic acids is 1. The van der Waals surface area contributed by atoms with Crippen molar-refractivity contribution < 1.29 is 24.2 Å². The molecule has 4 rings (SSSR count). The maximum Gasteiger partial charge on any atom is 0.323 e. The van der Waals surface area contributed by atoms with E-state index in [1.807, 2.05) is 67.6 Å². The number of benzene rings is 3. The summed E-state index contributed by atoms with van der Waals surface area (Å²) in [6.45, 7) is 2.03. The van der Waals surface area contributed by atoms with Crippen molar-refractivity contribution >= 4 is 17.8 Å². The molecule has 0 aromatic heterocycles. The van der Waals surface area contributed by atoms with Crippen molar-refractivity contribution in [2.75, 3.05) is 20.2 Å². The number of aryl methyl sites for hydroxylation is 1. The first kappa shape index (κ1) is 25.0. The molecule has 0 spiro atoms. The van der Waals surface area contributed by atoms with Crippen LogP contribution in [0, 0.1) is 6.92 Å². The molecule has 7 heteroatoms. The van der Waals surface area contributed by atoms with Crippen molar-refractivity contribution in [3.8, 4) is 5.75 Å². The number of carboxylic acid groups (broad SMARTS) is 1. The predicted octanol–water partition coefficient (Wildman–Crippen LogP) is 3.73. The normalized spacial score (nSPS) is 14.6. The Bertz CT molecular complexity index is 1240. The van der Waals surface area contributed by atoms with E-state index in [4.69, 9.17) is 4.74 Å². The first-order valence-electron chi connectivity index (χ1n) is 11.9. The number of fused-ring (bicyclic) bond motifs is 1. The number of rotatable bonds is 8. The molecule has 2 amide bonds. The molecular formula is C29H30N2O5. The average Bonchev–Trinajstić information content (AvgIpc) is 2.90. The first-order chi connectivity index (χ1) is 17.4. The second-order valence-electron chi connectivity index (χ2n) is 9.04. The zero-order valence-corrected chi connectivity index (χ0v) is 20.5. The van der Waals surface area contributed by atoms with E-state index in [0.29, 0.717) is 24.9 Å². The minimum atomic E-state index is -1.09. The quantitative estimate of drug-likeness (QED) is 0.524. The molecule has 0 aliphatic carbocycles. The molecule has 3 aromatic rings. The van der Waals surface area contributed by atoms with Gasteiger partial charge in [-0.3, -0.25) is 14.4 Å². The first-order valence-corrected chi connectivity index (χ1v) is 11.9. The maximum atomic E-state index is 13.8. The molecule has 36 heavy (non-hydrogen) atoms. The summed E-state index contributed by atoms with van der Waals surface area (Å²) in [5.74, 6) is -0.969. The Kier molecular flexibility index (Phi) is 7.68. The van der Waals surface area contributed by atoms with Gasteiger partial charge in [-0.2, -0.15) is 0 Å². The Morgan fingerprint density at radius 2 is 1.64 bits per heavy atom. The lowest BCUT2D eigenvalue weighted by Crippen LogP contribution is -2.54. The van der Waals surface area contributed by atoms with Gasteiger partial charge in [-0.25, -0.2) is 0 Å². The lowest BCUT2D eigenvalue weighted by Gasteiger charge is -2.38. The smallest absolute Gasteiger partial charge is 0.323 e. The number of carbonyl (C=O) groups is 3. The van der Waals surface area contributed by atoms with Crippen LogP contribution < -0.4 is 4.74 Å². The van der Waals surface area contributed by atoms with Crippen LogP contribution in [-0.2, 0) is 29.0 Å². The Labute approximate surface area is 210 Å². The van der Waals surface area contributed by atoms with Gasteiger partial charge in [0.1, 0.15) is 18.3 Å². The third-order valence-corrected chi connectivity index (χ3v) is 6.56. The molecule has 1 atom stereocenters. The molecule has 1 aliphatic rings. The van der Waals surface area contributed by atoms with Crippen LogP contribution in [0.4, 0.5) is 0 Å². The Morgan fingerprint density at radius 1 is 0.972 bits per heavy atom. The number of carbonyl (C=O) groups excluding carboxylic acids is 2. The minimum Gasteiger partial charge on any atom is -0.497 e. The van der Waals surface area contributed by atoms with Gasteiger partial charge < -0.3 is 19.6 Å². The van der Waals surface area contributed by atoms with E-state index in [1.165, 1.54) is 4.90 Å². The zero-order valence-electron chi connectivity index (χ0n) is 20.5. The molecule has 7 nitrogen and oxygen atoms in total. The molecule has 0 saturated heterocycles. The van der Waals surface area contributed by atoms with Gasteiger partial charge in [-0.05, 0) is 54.3 Å². The van der Waals surface area contributed by atoms with E-state index in [-0.39, 0.29) is 18.4 Å². The van der Waals surface area contributed by atoms with Crippen LogP contribution in [0.25, 0.3) is 0 Å². The van der Waals surface area contributed by atoms with Crippen LogP contribution in [0.15, 0.2) is 72.8 Å². The van der Waals surface area contributed by atoms with E-state index in [9.17, 15) is 19.5 Å². The molecule has 0 unspecified atom stereocenters. The third kappa shape index (κ3) is 5.74. The van der Waals surface area contributed by atoms with Gasteiger partial charge in [0.2, 0.25) is 5.91 Å². The molecule has 3 aromatic carbocycles. The summed E-state index contributed by atoms with van der Waals surface area (Å²) >= 11 is 0. The molecule has 0 fully saturated rings. The highest BCUT2D eigenvalue weighted by atomic mass is 16.5. The number of methoxy groups -OCH3 is 1. The van der Waals surface area contributed by atoms with Gasteiger partial charge in [0.15, 0.2) is 0 Å². The second kappa shape index (κ2) is 11.1. The van der Waals surface area contributed by atoms with Crippen LogP contribution >= 0.6 is 0 Å². The molecule has 1 aliphatic heterocycles. The van der Waals surface area contributed by atoms with Gasteiger partial charge in [-0.15, -0.1) is 0 Å². The van der Waals surface area contributed by atoms with E-state index in [2.05, 4.69) is 0 Å². The van der Waals surface area contributed by atoms with Crippen molar-refractivity contribution in [3.05, 3.63) is 101 Å². The number of amides is 2. The van der Waals surface area contributed by atoms with Crippen molar-refractivity contribution in [2.45, 2.75) is 32.4 Å². The summed E-state index contributed by atoms with van der Waals surface area (Å²) < 4.78 is 5.19. The van der Waals surface area contributed by atoms with Crippen LogP contribution in [0.5, 0.6) is 5.75 Å². The summed E-state index contributed by atoms with van der Waals surface area (Å²) in [7, 11) is 1.59. The maximum absolute atomic E-state index is 13.8. The summed E-state index contributed by atoms with van der Waals surface area (Å²) in [5, 5.41) is 9.54. The van der Waals surface area contributed by atoms with Crippen molar-refractivity contribution in [1.29, 1.82) is 0 Å². The van der Waals surface area contributed by atoms with Gasteiger partial charge in [0.25, 0.3) is 5.91 Å². The lowest BCUT2D eigenvalue weighted by molar-refractivity contribution is -0.146. The Balaban J connectivity index is 1.60. The molecular weight excluding hydrogens is 456 g/mol. The van der Waals surface area contributed by atoms with Crippen molar-refractivity contribution in [1.82, 2.24) is 9.80 Å². The van der Waals surface area contributed by atoms with Crippen molar-refractivity contribution in [2.24, 2.45) is 0 Å². The Morgan fingerprint density at radius 3 is 2.28 bits per heavy atom. The summed E-state index contributed by atoms with van der Waals surface area (Å²) in [6.07, 6.45) is 0.823. The van der Waals surface area contributed by atoms with E-state index < -0.39 is 18.6 Å². The van der Waals surface area contributed by atoms with Gasteiger partial charge in [0.05, 0.1) is 7.11 Å². The standard InChI is InChI=1S/C29H30N2O5/c1-20-7-11-22(12-8-20)28(34)31-18-24-6-4-3-5-23(24)17-26(31)29(35)30(19-27(32)33)16-15-21-9-13-25(36-2)14-10-21/h3-14,26H,15-19H2,1-2H3,(H,32,33)/t26-/m0/s1. The van der Waals surface area contributed by atoms with Crippen LogP contribution in [0.3, 0.4) is 0 Å². The fourth-order valence-corrected chi connectivity index (χ4v) is 4.52. The predicted molar refractivity (Wildman–Crippen MR) is 136 cm³/mol. The molecule has 1 heterocycles. The highest BCUT2D eigenvalue weighted by molar-refractivity contribution is 5.98. The molecule has 0 bridgehead atoms. The van der Waals surface area contributed by atoms with Crippen LogP contribution in [0.2, 0.25) is 0 Å². The van der Waals surface area contributed by atoms with Gasteiger partial charge in [-0.1, -0.05) is 54.1 Å². The monoisotopic (exact) mass is 486 g/mol. The summed E-state index contributed by atoms with van der Waals surface area (Å²) in [6, 6.07) is 21.7. The highest BCUT2D eigenvalue weighted by Gasteiger charge is 2.37. The van der Waals surface area contributed by atoms with Crippen LogP contribution in [-0.4, -0.2) is 58.9 Å². The number of hydrogen-bond acceptors (Lipinski definition) is 4. The fraction of sp³-hybridized carbons (Fsp3) is 0.276. The topological polar surface area (TPSA) is 87.2 Å². The largest absolute Gasteiger partial charge is 0.497 e. The van der Waals surface area contributed by atoms with E-state index >= 15 is 0 Å². The number of nitrogens with zero attached hydrogens (tertiary/aromatic N) is 2. The number of hydrogen-bond donors (Lipinski definition) is 1. The van der Waals surface area contributed by atoms with E-state index in [1.54, 1.807) is 24.1 Å². The molecule has 0 saturated carbocycles. The summed E-state index contributed by atoms with van der Waals surface area (Å²) in [4.78, 5) is 42.0. The number of ether oxygens (including phenoxy) is 1. The third-order valence-electron chi connectivity index (χ3n) is 6.56. The highest BCUT2D eigenvalue weighted by Crippen LogP contribution is 2.26. The minimum absolute atomic E-state index is 0.224. The molecule has 1 N–H and O–H groups in total. The average molecular weight is 487 g/mol. The molecule has 0 radical (unpaired) electrons. The molecule has 186 valence electrons. The Hall–Kier alpha value is -4.13.